The van der Waals surface area contributed by atoms with Crippen LogP contribution >= 0.6 is 0 Å². The van der Waals surface area contributed by atoms with Crippen molar-refractivity contribution in [1.82, 2.24) is 10.2 Å². The molecule has 2 heterocycles. The lowest BCUT2D eigenvalue weighted by Crippen LogP contribution is -2.33. The summed E-state index contributed by atoms with van der Waals surface area (Å²) in [6.45, 7) is 6.48. The molecule has 0 fully saturated rings. The average Bonchev–Trinajstić information content (AvgIpc) is 3.15. The third-order valence-electron chi connectivity index (χ3n) is 6.35. The number of nitrogens with zero attached hydrogens (tertiary/aromatic N) is 1. The Balaban J connectivity index is 1.70. The molecular formula is C26H27N3O. The lowest BCUT2D eigenvalue weighted by atomic mass is 9.69. The number of allylic oxidation sites excluding steroid dienone is 2. The molecule has 0 spiro atoms. The molecule has 2 aliphatic rings. The Hall–Kier alpha value is -3.14. The zero-order chi connectivity index (χ0) is 20.9. The van der Waals surface area contributed by atoms with Crippen molar-refractivity contribution in [2.24, 2.45) is 5.41 Å². The van der Waals surface area contributed by atoms with Crippen LogP contribution in [0.4, 0.5) is 5.82 Å². The molecule has 5 rings (SSSR count). The normalized spacial score (nSPS) is 19.8. The highest BCUT2D eigenvalue weighted by Crippen LogP contribution is 2.50. The standard InChI is InChI=1S/C26H27N3O/c1-4-16-10-12-18(13-11-16)24-23-21(17-8-6-5-7-9-17)22-19(27-25(23)29-28-24)14-26(2,3)15-20(22)30/h5-13,21H,4,14-15H2,1-3H3,(H2,27,28,29)/t21-/m0/s1. The van der Waals surface area contributed by atoms with Crippen LogP contribution in [0, 0.1) is 5.41 Å². The number of fused-ring (bicyclic) bond motifs is 1. The van der Waals surface area contributed by atoms with Crippen molar-refractivity contribution in [2.45, 2.75) is 46.0 Å². The second-order valence-corrected chi connectivity index (χ2v) is 9.21. The molecule has 152 valence electrons. The van der Waals surface area contributed by atoms with E-state index in [1.54, 1.807) is 0 Å². The number of ketones is 1. The summed E-state index contributed by atoms with van der Waals surface area (Å²) in [6.07, 6.45) is 2.44. The molecule has 0 amide bonds. The van der Waals surface area contributed by atoms with E-state index in [2.05, 4.69) is 72.7 Å². The maximum Gasteiger partial charge on any atom is 0.162 e. The molecular weight excluding hydrogens is 370 g/mol. The van der Waals surface area contributed by atoms with Gasteiger partial charge in [-0.2, -0.15) is 5.10 Å². The van der Waals surface area contributed by atoms with E-state index in [0.717, 1.165) is 52.3 Å². The van der Waals surface area contributed by atoms with Crippen molar-refractivity contribution < 1.29 is 4.79 Å². The van der Waals surface area contributed by atoms with E-state index in [4.69, 9.17) is 0 Å². The summed E-state index contributed by atoms with van der Waals surface area (Å²) in [5.74, 6) is 0.963. The Morgan fingerprint density at radius 1 is 1.03 bits per heavy atom. The SMILES string of the molecule is CCc1ccc(-c2[nH]nc3c2[C@@H](c2ccccc2)C2=C(CC(C)(C)CC2=O)N3)cc1. The Bertz CT molecular complexity index is 1140. The molecule has 0 radical (unpaired) electrons. The Morgan fingerprint density at radius 3 is 2.47 bits per heavy atom. The van der Waals surface area contributed by atoms with Crippen molar-refractivity contribution in [1.29, 1.82) is 0 Å². The van der Waals surface area contributed by atoms with Crippen molar-refractivity contribution in [3.8, 4) is 11.3 Å². The smallest absolute Gasteiger partial charge is 0.162 e. The van der Waals surface area contributed by atoms with Crippen LogP contribution in [0.15, 0.2) is 65.9 Å². The minimum absolute atomic E-state index is 0.0449. The summed E-state index contributed by atoms with van der Waals surface area (Å²) >= 11 is 0. The summed E-state index contributed by atoms with van der Waals surface area (Å²) in [7, 11) is 0. The summed E-state index contributed by atoms with van der Waals surface area (Å²) in [6, 6.07) is 19.0. The summed E-state index contributed by atoms with van der Waals surface area (Å²) < 4.78 is 0. The first kappa shape index (κ1) is 18.9. The maximum atomic E-state index is 13.4. The highest BCUT2D eigenvalue weighted by atomic mass is 16.1. The number of nitrogens with one attached hydrogen (secondary N) is 2. The van der Waals surface area contributed by atoms with Crippen LogP contribution < -0.4 is 5.32 Å². The van der Waals surface area contributed by atoms with Gasteiger partial charge in [0.25, 0.3) is 0 Å². The number of aryl methyl sites for hydroxylation is 1. The van der Waals surface area contributed by atoms with Crippen LogP contribution in [-0.4, -0.2) is 16.0 Å². The van der Waals surface area contributed by atoms with Gasteiger partial charge in [-0.25, -0.2) is 0 Å². The van der Waals surface area contributed by atoms with Crippen LogP contribution in [0.3, 0.4) is 0 Å². The highest BCUT2D eigenvalue weighted by Gasteiger charge is 2.42. The molecule has 2 N–H and O–H groups in total. The van der Waals surface area contributed by atoms with Gasteiger partial charge in [-0.3, -0.25) is 9.89 Å². The number of H-pyrrole nitrogens is 1. The van der Waals surface area contributed by atoms with Crippen molar-refractivity contribution in [2.75, 3.05) is 5.32 Å². The first-order valence-corrected chi connectivity index (χ1v) is 10.7. The molecule has 4 nitrogen and oxygen atoms in total. The minimum atomic E-state index is -0.111. The first-order chi connectivity index (χ1) is 14.5. The predicted octanol–water partition coefficient (Wildman–Crippen LogP) is 5.84. The molecule has 0 bridgehead atoms. The number of benzene rings is 2. The fraction of sp³-hybridized carbons (Fsp3) is 0.308. The molecule has 1 aliphatic carbocycles. The number of Topliss-reactive ketones (excluding diaryl/α,β-unsaturated/α-hetero) is 1. The van der Waals surface area contributed by atoms with Crippen LogP contribution in [-0.2, 0) is 11.2 Å². The van der Waals surface area contributed by atoms with Crippen LogP contribution in [0.1, 0.15) is 56.2 Å². The molecule has 0 saturated heterocycles. The van der Waals surface area contributed by atoms with Gasteiger partial charge in [-0.15, -0.1) is 0 Å². The fourth-order valence-corrected chi connectivity index (χ4v) is 4.90. The molecule has 0 unspecified atom stereocenters. The third kappa shape index (κ3) is 3.07. The number of aromatic amines is 1. The van der Waals surface area contributed by atoms with Gasteiger partial charge >= 0.3 is 0 Å². The number of hydrogen-bond acceptors (Lipinski definition) is 3. The Morgan fingerprint density at radius 2 is 1.77 bits per heavy atom. The molecule has 30 heavy (non-hydrogen) atoms. The van der Waals surface area contributed by atoms with Crippen molar-refractivity contribution in [3.05, 3.63) is 82.6 Å². The fourth-order valence-electron chi connectivity index (χ4n) is 4.90. The average molecular weight is 398 g/mol. The van der Waals surface area contributed by atoms with Gasteiger partial charge in [-0.1, -0.05) is 75.4 Å². The second kappa shape index (κ2) is 6.98. The van der Waals surface area contributed by atoms with Gasteiger partial charge in [0, 0.05) is 29.2 Å². The molecule has 1 aliphatic heterocycles. The number of anilines is 1. The summed E-state index contributed by atoms with van der Waals surface area (Å²) in [5.41, 5.74) is 7.47. The molecule has 1 atom stereocenters. The molecule has 3 aromatic rings. The number of aromatic nitrogens is 2. The van der Waals surface area contributed by atoms with E-state index in [1.807, 2.05) is 18.2 Å². The van der Waals surface area contributed by atoms with Crippen LogP contribution in [0.25, 0.3) is 11.3 Å². The minimum Gasteiger partial charge on any atom is -0.342 e. The zero-order valence-corrected chi connectivity index (χ0v) is 17.8. The predicted molar refractivity (Wildman–Crippen MR) is 120 cm³/mol. The van der Waals surface area contributed by atoms with Crippen LogP contribution in [0.2, 0.25) is 0 Å². The van der Waals surface area contributed by atoms with E-state index in [1.165, 1.54) is 5.56 Å². The maximum absolute atomic E-state index is 13.4. The Kier molecular flexibility index (Phi) is 4.39. The van der Waals surface area contributed by atoms with Gasteiger partial charge in [-0.05, 0) is 34.9 Å². The monoisotopic (exact) mass is 397 g/mol. The topological polar surface area (TPSA) is 57.8 Å². The largest absolute Gasteiger partial charge is 0.342 e. The number of hydrogen-bond donors (Lipinski definition) is 2. The highest BCUT2D eigenvalue weighted by molar-refractivity contribution is 6.02. The third-order valence-corrected chi connectivity index (χ3v) is 6.35. The van der Waals surface area contributed by atoms with Gasteiger partial charge in [0.1, 0.15) is 0 Å². The number of carbonyl (C=O) groups is 1. The van der Waals surface area contributed by atoms with Gasteiger partial charge < -0.3 is 5.32 Å². The van der Waals surface area contributed by atoms with Gasteiger partial charge in [0.2, 0.25) is 0 Å². The van der Waals surface area contributed by atoms with E-state index >= 15 is 0 Å². The molecule has 1 aromatic heterocycles. The summed E-state index contributed by atoms with van der Waals surface area (Å²) in [4.78, 5) is 13.4. The second-order valence-electron chi connectivity index (χ2n) is 9.21. The van der Waals surface area contributed by atoms with Gasteiger partial charge in [0.05, 0.1) is 5.69 Å². The zero-order valence-electron chi connectivity index (χ0n) is 17.8. The lowest BCUT2D eigenvalue weighted by Gasteiger charge is -2.38. The lowest BCUT2D eigenvalue weighted by molar-refractivity contribution is -0.118. The van der Waals surface area contributed by atoms with E-state index in [0.29, 0.717) is 6.42 Å². The first-order valence-electron chi connectivity index (χ1n) is 10.7. The van der Waals surface area contributed by atoms with Crippen molar-refractivity contribution in [3.63, 3.8) is 0 Å². The molecule has 2 aromatic carbocycles. The van der Waals surface area contributed by atoms with E-state index in [-0.39, 0.29) is 17.1 Å². The number of rotatable bonds is 3. The quantitative estimate of drug-likeness (QED) is 0.584. The number of carbonyl (C=O) groups excluding carboxylic acids is 1. The van der Waals surface area contributed by atoms with Gasteiger partial charge in [0.15, 0.2) is 11.6 Å². The van der Waals surface area contributed by atoms with E-state index < -0.39 is 0 Å². The molecule has 0 saturated carbocycles. The molecule has 4 heteroatoms. The Labute approximate surface area is 177 Å². The van der Waals surface area contributed by atoms with E-state index in [9.17, 15) is 4.79 Å². The van der Waals surface area contributed by atoms with Crippen LogP contribution in [0.5, 0.6) is 0 Å². The summed E-state index contributed by atoms with van der Waals surface area (Å²) in [5, 5.41) is 11.4. The van der Waals surface area contributed by atoms with Crippen molar-refractivity contribution >= 4 is 11.6 Å².